The van der Waals surface area contributed by atoms with E-state index in [-0.39, 0.29) is 13.0 Å². The molecule has 0 fully saturated rings. The average molecular weight is 359 g/mol. The second-order valence-electron chi connectivity index (χ2n) is 4.14. The van der Waals surface area contributed by atoms with Crippen LogP contribution in [-0.4, -0.2) is 36.5 Å². The normalized spacial score (nSPS) is 11.6. The molecular weight excluding hydrogens is 344 g/mol. The van der Waals surface area contributed by atoms with Gasteiger partial charge >= 0.3 is 11.9 Å². The van der Waals surface area contributed by atoms with E-state index in [9.17, 15) is 14.4 Å². The Balaban J connectivity index is 3.08. The van der Waals surface area contributed by atoms with E-state index >= 15 is 0 Å². The second-order valence-corrected chi connectivity index (χ2v) is 4.99. The lowest BCUT2D eigenvalue weighted by atomic mass is 9.95. The molecule has 1 aromatic rings. The van der Waals surface area contributed by atoms with Crippen molar-refractivity contribution in [2.24, 2.45) is 5.92 Å². The van der Waals surface area contributed by atoms with Gasteiger partial charge in [0.05, 0.1) is 13.7 Å². The van der Waals surface area contributed by atoms with Gasteiger partial charge in [-0.3, -0.25) is 9.59 Å². The SMILES string of the molecule is CCOC(=O)C(Cc1cc(OC)ccc1Br)C(=O)C(=O)O. The highest BCUT2D eigenvalue weighted by Gasteiger charge is 2.33. The molecule has 1 aromatic carbocycles. The standard InChI is InChI=1S/C14H15BrO6/c1-3-21-14(19)10(12(16)13(17)18)7-8-6-9(20-2)4-5-11(8)15/h4-6,10H,3,7H2,1-2H3,(H,17,18). The minimum atomic E-state index is -1.66. The predicted molar refractivity (Wildman–Crippen MR) is 77.2 cm³/mol. The molecule has 1 N–H and O–H groups in total. The Labute approximate surface area is 130 Å². The summed E-state index contributed by atoms with van der Waals surface area (Å²) in [5.41, 5.74) is 0.585. The summed E-state index contributed by atoms with van der Waals surface area (Å²) in [6, 6.07) is 5.03. The van der Waals surface area contributed by atoms with E-state index in [1.165, 1.54) is 7.11 Å². The van der Waals surface area contributed by atoms with Gasteiger partial charge in [0, 0.05) is 4.47 Å². The Hall–Kier alpha value is -1.89. The van der Waals surface area contributed by atoms with Crippen molar-refractivity contribution in [3.63, 3.8) is 0 Å². The van der Waals surface area contributed by atoms with Crippen molar-refractivity contribution in [3.05, 3.63) is 28.2 Å². The molecule has 0 saturated heterocycles. The zero-order chi connectivity index (χ0) is 16.0. The molecule has 0 aliphatic carbocycles. The van der Waals surface area contributed by atoms with Crippen LogP contribution in [0.3, 0.4) is 0 Å². The van der Waals surface area contributed by atoms with Crippen LogP contribution in [0.15, 0.2) is 22.7 Å². The molecule has 0 heterocycles. The molecule has 0 aromatic heterocycles. The Morgan fingerprint density at radius 3 is 2.52 bits per heavy atom. The topological polar surface area (TPSA) is 89.9 Å². The minimum absolute atomic E-state index is 0.0709. The summed E-state index contributed by atoms with van der Waals surface area (Å²) in [4.78, 5) is 34.3. The molecular formula is C14H15BrO6. The van der Waals surface area contributed by atoms with E-state index in [0.29, 0.717) is 15.8 Å². The highest BCUT2D eigenvalue weighted by molar-refractivity contribution is 9.10. The average Bonchev–Trinajstić information content (AvgIpc) is 2.45. The van der Waals surface area contributed by atoms with Gasteiger partial charge in [0.1, 0.15) is 11.7 Å². The molecule has 114 valence electrons. The number of aliphatic carboxylic acids is 1. The van der Waals surface area contributed by atoms with Crippen molar-refractivity contribution in [2.45, 2.75) is 13.3 Å². The first-order valence-electron chi connectivity index (χ1n) is 6.16. The predicted octanol–water partition coefficient (Wildman–Crippen LogP) is 1.83. The van der Waals surface area contributed by atoms with E-state index in [2.05, 4.69) is 15.9 Å². The Morgan fingerprint density at radius 2 is 2.00 bits per heavy atom. The fourth-order valence-electron chi connectivity index (χ4n) is 1.73. The summed E-state index contributed by atoms with van der Waals surface area (Å²) < 4.78 is 10.5. The molecule has 1 unspecified atom stereocenters. The monoisotopic (exact) mass is 358 g/mol. The lowest BCUT2D eigenvalue weighted by molar-refractivity contribution is -0.159. The van der Waals surface area contributed by atoms with Gasteiger partial charge in [-0.1, -0.05) is 15.9 Å². The van der Waals surface area contributed by atoms with Crippen molar-refractivity contribution in [2.75, 3.05) is 13.7 Å². The lowest BCUT2D eigenvalue weighted by Crippen LogP contribution is -2.33. The summed E-state index contributed by atoms with van der Waals surface area (Å²) in [7, 11) is 1.48. The summed E-state index contributed by atoms with van der Waals surface area (Å²) in [6.45, 7) is 1.66. The maximum atomic E-state index is 11.8. The number of ketones is 1. The van der Waals surface area contributed by atoms with Crippen LogP contribution < -0.4 is 4.74 Å². The van der Waals surface area contributed by atoms with Crippen LogP contribution in [0.4, 0.5) is 0 Å². The minimum Gasteiger partial charge on any atom is -0.497 e. The van der Waals surface area contributed by atoms with Gasteiger partial charge in [-0.05, 0) is 37.1 Å². The van der Waals surface area contributed by atoms with Crippen LogP contribution in [-0.2, 0) is 25.5 Å². The lowest BCUT2D eigenvalue weighted by Gasteiger charge is -2.14. The van der Waals surface area contributed by atoms with Gasteiger partial charge in [0.15, 0.2) is 0 Å². The third-order valence-electron chi connectivity index (χ3n) is 2.78. The van der Waals surface area contributed by atoms with Gasteiger partial charge in [0.25, 0.3) is 5.78 Å². The first-order chi connectivity index (χ1) is 9.90. The molecule has 0 radical (unpaired) electrons. The number of halogens is 1. The van der Waals surface area contributed by atoms with Gasteiger partial charge in [-0.2, -0.15) is 0 Å². The Morgan fingerprint density at radius 1 is 1.33 bits per heavy atom. The fourth-order valence-corrected chi connectivity index (χ4v) is 2.14. The number of ether oxygens (including phenoxy) is 2. The largest absolute Gasteiger partial charge is 0.497 e. The smallest absolute Gasteiger partial charge is 0.373 e. The molecule has 7 heteroatoms. The molecule has 0 aliphatic heterocycles. The molecule has 0 bridgehead atoms. The van der Waals surface area contributed by atoms with Crippen molar-refractivity contribution in [3.8, 4) is 5.75 Å². The quantitative estimate of drug-likeness (QED) is 0.454. The van der Waals surface area contributed by atoms with E-state index in [0.717, 1.165) is 0 Å². The molecule has 0 amide bonds. The summed E-state index contributed by atoms with van der Waals surface area (Å²) >= 11 is 3.30. The molecule has 6 nitrogen and oxygen atoms in total. The zero-order valence-electron chi connectivity index (χ0n) is 11.6. The number of carboxylic acids is 1. The molecule has 21 heavy (non-hydrogen) atoms. The van der Waals surface area contributed by atoms with Gasteiger partial charge in [-0.15, -0.1) is 0 Å². The zero-order valence-corrected chi connectivity index (χ0v) is 13.2. The van der Waals surface area contributed by atoms with Crippen LogP contribution in [0.25, 0.3) is 0 Å². The molecule has 0 aliphatic rings. The number of Topliss-reactive ketones (excluding diaryl/α,β-unsaturated/α-hetero) is 1. The fraction of sp³-hybridized carbons (Fsp3) is 0.357. The van der Waals surface area contributed by atoms with Crippen molar-refractivity contribution >= 4 is 33.7 Å². The van der Waals surface area contributed by atoms with Crippen LogP contribution >= 0.6 is 15.9 Å². The first-order valence-corrected chi connectivity index (χ1v) is 6.96. The van der Waals surface area contributed by atoms with Gasteiger partial charge in [0.2, 0.25) is 0 Å². The molecule has 0 saturated carbocycles. The molecule has 0 spiro atoms. The number of methoxy groups -OCH3 is 1. The summed E-state index contributed by atoms with van der Waals surface area (Å²) in [5.74, 6) is -4.54. The summed E-state index contributed by atoms with van der Waals surface area (Å²) in [6.07, 6.45) is -0.0816. The van der Waals surface area contributed by atoms with Crippen LogP contribution in [0.5, 0.6) is 5.75 Å². The van der Waals surface area contributed by atoms with Gasteiger partial charge in [-0.25, -0.2) is 4.79 Å². The van der Waals surface area contributed by atoms with Crippen molar-refractivity contribution < 1.29 is 29.0 Å². The number of rotatable bonds is 7. The Kier molecular flexibility index (Phi) is 6.36. The number of carbonyl (C=O) groups excluding carboxylic acids is 2. The van der Waals surface area contributed by atoms with E-state index in [4.69, 9.17) is 14.6 Å². The number of benzene rings is 1. The molecule has 1 rings (SSSR count). The third kappa shape index (κ3) is 4.56. The van der Waals surface area contributed by atoms with Crippen molar-refractivity contribution in [1.29, 1.82) is 0 Å². The first kappa shape index (κ1) is 17.2. The second kappa shape index (κ2) is 7.78. The number of esters is 1. The summed E-state index contributed by atoms with van der Waals surface area (Å²) in [5, 5.41) is 8.82. The highest BCUT2D eigenvalue weighted by atomic mass is 79.9. The van der Waals surface area contributed by atoms with E-state index in [1.807, 2.05) is 0 Å². The van der Waals surface area contributed by atoms with Gasteiger partial charge < -0.3 is 14.6 Å². The molecule has 1 atom stereocenters. The van der Waals surface area contributed by atoms with Crippen LogP contribution in [0.2, 0.25) is 0 Å². The van der Waals surface area contributed by atoms with Crippen molar-refractivity contribution in [1.82, 2.24) is 0 Å². The van der Waals surface area contributed by atoms with Crippen LogP contribution in [0, 0.1) is 5.92 Å². The maximum absolute atomic E-state index is 11.8. The highest BCUT2D eigenvalue weighted by Crippen LogP contribution is 2.25. The third-order valence-corrected chi connectivity index (χ3v) is 3.55. The maximum Gasteiger partial charge on any atom is 0.373 e. The number of hydrogen-bond donors (Lipinski definition) is 1. The number of carboxylic acid groups (broad SMARTS) is 1. The number of carbonyl (C=O) groups is 3. The van der Waals surface area contributed by atoms with Crippen LogP contribution in [0.1, 0.15) is 12.5 Å². The number of hydrogen-bond acceptors (Lipinski definition) is 5. The van der Waals surface area contributed by atoms with E-state index in [1.54, 1.807) is 25.1 Å². The van der Waals surface area contributed by atoms with E-state index < -0.39 is 23.6 Å². The Bertz CT molecular complexity index is 554.